The second-order valence-corrected chi connectivity index (χ2v) is 4.97. The van der Waals surface area contributed by atoms with Crippen LogP contribution in [0.25, 0.3) is 0 Å². The average molecular weight is 296 g/mol. The third-order valence-corrected chi connectivity index (χ3v) is 3.36. The summed E-state index contributed by atoms with van der Waals surface area (Å²) in [7, 11) is 0. The first-order valence-corrected chi connectivity index (χ1v) is 6.77. The number of nitrogens with two attached hydrogens (primary N) is 1. The lowest BCUT2D eigenvalue weighted by Gasteiger charge is -2.22. The number of amidine groups is 1. The Bertz CT molecular complexity index is 729. The molecule has 0 radical (unpaired) electrons. The molecule has 1 amide bonds. The van der Waals surface area contributed by atoms with Crippen molar-refractivity contribution in [2.24, 2.45) is 21.6 Å². The minimum Gasteiger partial charge on any atom is -0.366 e. The van der Waals surface area contributed by atoms with Crippen molar-refractivity contribution < 1.29 is 4.79 Å². The molecule has 21 heavy (non-hydrogen) atoms. The molecule has 1 aromatic rings. The summed E-state index contributed by atoms with van der Waals surface area (Å²) in [4.78, 5) is 19.6. The second kappa shape index (κ2) is 5.41. The number of aliphatic imine (C=N–C) groups is 2. The highest BCUT2D eigenvalue weighted by molar-refractivity contribution is 7.80. The zero-order valence-electron chi connectivity index (χ0n) is 11.0. The molecular weight excluding hydrogens is 284 g/mol. The maximum Gasteiger partial charge on any atom is 0.248 e. The molecule has 0 fully saturated rings. The van der Waals surface area contributed by atoms with Crippen molar-refractivity contribution in [3.05, 3.63) is 54.1 Å². The molecule has 0 spiro atoms. The van der Waals surface area contributed by atoms with E-state index in [1.165, 1.54) is 0 Å². The Labute approximate surface area is 127 Å². The summed E-state index contributed by atoms with van der Waals surface area (Å²) in [6.45, 7) is 0. The average Bonchev–Trinajstić information content (AvgIpc) is 2.47. The molecule has 1 aliphatic carbocycles. The molecule has 2 aliphatic rings. The lowest BCUT2D eigenvalue weighted by Crippen LogP contribution is -2.32. The predicted molar refractivity (Wildman–Crippen MR) is 87.8 cm³/mol. The van der Waals surface area contributed by atoms with Crippen molar-refractivity contribution in [3.63, 3.8) is 0 Å². The van der Waals surface area contributed by atoms with Crippen LogP contribution in [0.1, 0.15) is 10.4 Å². The maximum absolute atomic E-state index is 11.1. The Kier molecular flexibility index (Phi) is 3.45. The number of primary amides is 1. The van der Waals surface area contributed by atoms with Gasteiger partial charge in [0.15, 0.2) is 0 Å². The Morgan fingerprint density at radius 3 is 2.67 bits per heavy atom. The second-order valence-electron chi connectivity index (χ2n) is 4.60. The largest absolute Gasteiger partial charge is 0.366 e. The monoisotopic (exact) mass is 296 g/mol. The summed E-state index contributed by atoms with van der Waals surface area (Å²) < 4.78 is 0. The van der Waals surface area contributed by atoms with Crippen LogP contribution < -0.4 is 11.1 Å². The number of carbonyl (C=O) groups excluding carboxylic acids is 1. The van der Waals surface area contributed by atoms with Crippen molar-refractivity contribution in [1.82, 2.24) is 0 Å². The SMILES string of the molecule is NC(=O)c1ccc(NC2=NC(=S)N=C3C=CC=CC32)cc1. The van der Waals surface area contributed by atoms with Crippen LogP contribution in [0.15, 0.2) is 58.6 Å². The van der Waals surface area contributed by atoms with Crippen LogP contribution in [0.3, 0.4) is 0 Å². The van der Waals surface area contributed by atoms with Crippen LogP contribution in [0, 0.1) is 5.92 Å². The normalized spacial score (nSPS) is 19.6. The first-order valence-electron chi connectivity index (χ1n) is 6.36. The Balaban J connectivity index is 1.84. The van der Waals surface area contributed by atoms with Crippen molar-refractivity contribution in [1.29, 1.82) is 0 Å². The summed E-state index contributed by atoms with van der Waals surface area (Å²) in [5.74, 6) is 0.238. The van der Waals surface area contributed by atoms with Gasteiger partial charge in [-0.1, -0.05) is 18.2 Å². The summed E-state index contributed by atoms with van der Waals surface area (Å²) in [5, 5.41) is 3.52. The molecule has 1 unspecified atom stereocenters. The fraction of sp³-hybridized carbons (Fsp3) is 0.0667. The minimum atomic E-state index is -0.451. The van der Waals surface area contributed by atoms with Crippen LogP contribution in [0.2, 0.25) is 0 Å². The summed E-state index contributed by atoms with van der Waals surface area (Å²) in [6.07, 6.45) is 7.79. The number of carbonyl (C=O) groups is 1. The van der Waals surface area contributed by atoms with E-state index in [0.29, 0.717) is 10.7 Å². The van der Waals surface area contributed by atoms with Crippen molar-refractivity contribution >= 4 is 40.5 Å². The van der Waals surface area contributed by atoms with Gasteiger partial charge in [0.2, 0.25) is 11.0 Å². The molecule has 6 heteroatoms. The number of hydrogen-bond acceptors (Lipinski definition) is 3. The topological polar surface area (TPSA) is 79.8 Å². The molecule has 5 nitrogen and oxygen atoms in total. The number of fused-ring (bicyclic) bond motifs is 1. The van der Waals surface area contributed by atoms with Crippen LogP contribution in [0.5, 0.6) is 0 Å². The van der Waals surface area contributed by atoms with Gasteiger partial charge in [-0.15, -0.1) is 0 Å². The van der Waals surface area contributed by atoms with Gasteiger partial charge < -0.3 is 11.1 Å². The molecule has 0 saturated heterocycles. The molecule has 1 aromatic carbocycles. The van der Waals surface area contributed by atoms with E-state index in [1.807, 2.05) is 24.3 Å². The quantitative estimate of drug-likeness (QED) is 0.820. The van der Waals surface area contributed by atoms with Gasteiger partial charge in [-0.3, -0.25) is 4.79 Å². The van der Waals surface area contributed by atoms with Crippen molar-refractivity contribution in [3.8, 4) is 0 Å². The molecule has 1 heterocycles. The van der Waals surface area contributed by atoms with Gasteiger partial charge in [0.05, 0.1) is 11.6 Å². The highest BCUT2D eigenvalue weighted by Gasteiger charge is 2.24. The zero-order valence-corrected chi connectivity index (χ0v) is 11.8. The highest BCUT2D eigenvalue weighted by atomic mass is 32.1. The van der Waals surface area contributed by atoms with Crippen LogP contribution in [-0.2, 0) is 0 Å². The smallest absolute Gasteiger partial charge is 0.248 e. The molecule has 0 saturated carbocycles. The minimum absolute atomic E-state index is 0.0301. The van der Waals surface area contributed by atoms with E-state index in [2.05, 4.69) is 15.3 Å². The number of benzene rings is 1. The van der Waals surface area contributed by atoms with Gasteiger partial charge in [0.25, 0.3) is 0 Å². The highest BCUT2D eigenvalue weighted by Crippen LogP contribution is 2.19. The predicted octanol–water partition coefficient (Wildman–Crippen LogP) is 2.08. The molecule has 1 atom stereocenters. The number of allylic oxidation sites excluding steroid dienone is 3. The number of nitrogens with zero attached hydrogens (tertiary/aromatic N) is 2. The maximum atomic E-state index is 11.1. The molecule has 0 aromatic heterocycles. The molecule has 1 aliphatic heterocycles. The van der Waals surface area contributed by atoms with E-state index in [-0.39, 0.29) is 5.92 Å². The molecular formula is C15H12N4OS. The number of nitrogens with one attached hydrogen (secondary N) is 1. The summed E-state index contributed by atoms with van der Waals surface area (Å²) in [6, 6.07) is 6.88. The van der Waals surface area contributed by atoms with Gasteiger partial charge in [0.1, 0.15) is 5.84 Å². The standard InChI is InChI=1S/C15H12N4OS/c16-13(20)9-5-7-10(8-6-9)17-14-11-3-1-2-4-12(11)18-15(21)19-14/h1-8,11H,(H2,16,20)(H,17,19,21). The zero-order chi connectivity index (χ0) is 14.8. The lowest BCUT2D eigenvalue weighted by molar-refractivity contribution is 0.100. The number of hydrogen-bond donors (Lipinski definition) is 2. The summed E-state index contributed by atoms with van der Waals surface area (Å²) >= 11 is 5.09. The number of amides is 1. The van der Waals surface area contributed by atoms with Gasteiger partial charge >= 0.3 is 0 Å². The number of thiocarbonyl (C=S) groups is 1. The van der Waals surface area contributed by atoms with Gasteiger partial charge in [-0.05, 0) is 42.6 Å². The fourth-order valence-electron chi connectivity index (χ4n) is 2.15. The van der Waals surface area contributed by atoms with Crippen molar-refractivity contribution in [2.75, 3.05) is 5.32 Å². The van der Waals surface area contributed by atoms with E-state index in [4.69, 9.17) is 18.0 Å². The molecule has 104 valence electrons. The Morgan fingerprint density at radius 1 is 1.19 bits per heavy atom. The Hall–Kier alpha value is -2.60. The van der Waals surface area contributed by atoms with Crippen LogP contribution in [-0.4, -0.2) is 22.6 Å². The number of rotatable bonds is 2. The summed E-state index contributed by atoms with van der Waals surface area (Å²) in [5.41, 5.74) is 7.36. The Morgan fingerprint density at radius 2 is 1.95 bits per heavy atom. The van der Waals surface area contributed by atoms with Crippen molar-refractivity contribution in [2.45, 2.75) is 0 Å². The van der Waals surface area contributed by atoms with Crippen LogP contribution >= 0.6 is 12.2 Å². The van der Waals surface area contributed by atoms with Crippen LogP contribution in [0.4, 0.5) is 5.69 Å². The van der Waals surface area contributed by atoms with E-state index in [9.17, 15) is 4.79 Å². The van der Waals surface area contributed by atoms with E-state index in [0.717, 1.165) is 17.2 Å². The van der Waals surface area contributed by atoms with Gasteiger partial charge in [-0.25, -0.2) is 9.98 Å². The first-order chi connectivity index (χ1) is 10.1. The third kappa shape index (κ3) is 2.80. The fourth-order valence-corrected chi connectivity index (χ4v) is 2.35. The van der Waals surface area contributed by atoms with Gasteiger partial charge in [-0.2, -0.15) is 0 Å². The molecule has 3 N–H and O–H groups in total. The third-order valence-electron chi connectivity index (χ3n) is 3.18. The van der Waals surface area contributed by atoms with Gasteiger partial charge in [0, 0.05) is 11.3 Å². The number of anilines is 1. The van der Waals surface area contributed by atoms with E-state index in [1.54, 1.807) is 24.3 Å². The molecule has 0 bridgehead atoms. The lowest BCUT2D eigenvalue weighted by atomic mass is 9.96. The van der Waals surface area contributed by atoms with E-state index < -0.39 is 5.91 Å². The molecule has 3 rings (SSSR count). The van der Waals surface area contributed by atoms with E-state index >= 15 is 0 Å². The first kappa shape index (κ1) is 13.4.